The summed E-state index contributed by atoms with van der Waals surface area (Å²) in [4.78, 5) is 3.25. The van der Waals surface area contributed by atoms with Crippen LogP contribution in [0, 0.1) is 0 Å². The van der Waals surface area contributed by atoms with Crippen LogP contribution in [0.25, 0.3) is 38.7 Å². The van der Waals surface area contributed by atoms with Crippen LogP contribution in [-0.4, -0.2) is 13.8 Å². The maximum atomic E-state index is 7.28. The minimum absolute atomic E-state index is 0.165. The van der Waals surface area contributed by atoms with E-state index < -0.39 is 5.54 Å². The van der Waals surface area contributed by atoms with Gasteiger partial charge >= 0.3 is 0 Å². The summed E-state index contributed by atoms with van der Waals surface area (Å²) < 4.78 is 0. The molecule has 0 aliphatic rings. The number of nitrogens with two attached hydrogens (primary N) is 2. The Morgan fingerprint density at radius 3 is 1.35 bits per heavy atom. The average Bonchev–Trinajstić information content (AvgIpc) is 3.25. The second-order valence-electron chi connectivity index (χ2n) is 13.7. The molecular formula is C52H45N3. The van der Waals surface area contributed by atoms with Gasteiger partial charge < -0.3 is 16.5 Å². The standard InChI is InChI=1S/C50H40N2.C2H5N/c51-48(38-15-5-1-6-16-38)35-50(52,42-21-11-4-12-22-42)43-33-31-37(32-34-43)45-24-14-25-46-44(23-13-26-47(45)46)36-27-29-41(30-28-36)49(39-17-7-2-8-18-39)40-19-9-3-10-20-40;1-3-2/h1-35,49H,51-52H2;1H2,2H3/b48-35-;. The van der Waals surface area contributed by atoms with Gasteiger partial charge in [-0.3, -0.25) is 0 Å². The molecule has 0 spiro atoms. The third-order valence-corrected chi connectivity index (χ3v) is 10.2. The molecule has 8 aromatic rings. The highest BCUT2D eigenvalue weighted by atomic mass is 14.7. The van der Waals surface area contributed by atoms with E-state index in [2.05, 4.69) is 169 Å². The molecular weight excluding hydrogens is 667 g/mol. The lowest BCUT2D eigenvalue weighted by Gasteiger charge is -2.28. The first-order valence-electron chi connectivity index (χ1n) is 18.6. The Labute approximate surface area is 325 Å². The van der Waals surface area contributed by atoms with Gasteiger partial charge in [0.1, 0.15) is 0 Å². The van der Waals surface area contributed by atoms with Crippen LogP contribution in [0.3, 0.4) is 0 Å². The van der Waals surface area contributed by atoms with Crippen LogP contribution >= 0.6 is 0 Å². The lowest BCUT2D eigenvalue weighted by molar-refractivity contribution is 0.682. The van der Waals surface area contributed by atoms with Gasteiger partial charge in [-0.05, 0) is 79.2 Å². The van der Waals surface area contributed by atoms with Crippen LogP contribution in [0.5, 0.6) is 0 Å². The molecule has 3 heteroatoms. The molecule has 0 heterocycles. The van der Waals surface area contributed by atoms with Crippen molar-refractivity contribution >= 4 is 23.2 Å². The number of benzene rings is 8. The van der Waals surface area contributed by atoms with Crippen molar-refractivity contribution < 1.29 is 0 Å². The normalized spacial score (nSPS) is 12.4. The van der Waals surface area contributed by atoms with Gasteiger partial charge in [-0.2, -0.15) is 0 Å². The first-order chi connectivity index (χ1) is 27.0. The summed E-state index contributed by atoms with van der Waals surface area (Å²) >= 11 is 0. The molecule has 0 aliphatic carbocycles. The molecule has 0 aliphatic heterocycles. The van der Waals surface area contributed by atoms with Crippen LogP contribution in [0.2, 0.25) is 0 Å². The van der Waals surface area contributed by atoms with Crippen LogP contribution in [0.1, 0.15) is 39.3 Å². The Balaban J connectivity index is 0.00000150. The summed E-state index contributed by atoms with van der Waals surface area (Å²) in [6.45, 7) is 3.11. The Morgan fingerprint density at radius 1 is 0.491 bits per heavy atom. The Kier molecular flexibility index (Phi) is 11.2. The predicted octanol–water partition coefficient (Wildman–Crippen LogP) is 11.9. The zero-order chi connectivity index (χ0) is 38.0. The monoisotopic (exact) mass is 711 g/mol. The molecule has 1 unspecified atom stereocenters. The Hall–Kier alpha value is -6.81. The number of hydrogen-bond acceptors (Lipinski definition) is 3. The number of rotatable bonds is 9. The van der Waals surface area contributed by atoms with E-state index in [9.17, 15) is 0 Å². The Bertz CT molecular complexity index is 2450. The third kappa shape index (κ3) is 7.94. The summed E-state index contributed by atoms with van der Waals surface area (Å²) in [5, 5.41) is 2.43. The summed E-state index contributed by atoms with van der Waals surface area (Å²) in [5.74, 6) is 0.165. The molecule has 0 saturated carbocycles. The summed E-state index contributed by atoms with van der Waals surface area (Å²) in [5.41, 5.74) is 25.1. The molecule has 0 amide bonds. The number of nitrogens with zero attached hydrogens (tertiary/aromatic N) is 1. The molecule has 0 bridgehead atoms. The lowest BCUT2D eigenvalue weighted by Crippen LogP contribution is -2.36. The smallest absolute Gasteiger partial charge is 0.0875 e. The first kappa shape index (κ1) is 36.5. The number of hydrogen-bond donors (Lipinski definition) is 2. The summed E-state index contributed by atoms with van der Waals surface area (Å²) in [7, 11) is 1.64. The van der Waals surface area contributed by atoms with Crippen LogP contribution in [0.4, 0.5) is 0 Å². The van der Waals surface area contributed by atoms with E-state index >= 15 is 0 Å². The highest BCUT2D eigenvalue weighted by Crippen LogP contribution is 2.38. The zero-order valence-corrected chi connectivity index (χ0v) is 31.1. The minimum Gasteiger partial charge on any atom is -0.398 e. The molecule has 3 nitrogen and oxygen atoms in total. The van der Waals surface area contributed by atoms with Crippen molar-refractivity contribution in [3.8, 4) is 22.3 Å². The van der Waals surface area contributed by atoms with Gasteiger partial charge in [0.25, 0.3) is 0 Å². The Morgan fingerprint density at radius 2 is 0.873 bits per heavy atom. The molecule has 55 heavy (non-hydrogen) atoms. The molecule has 268 valence electrons. The molecule has 1 atom stereocenters. The molecule has 4 N–H and O–H groups in total. The van der Waals surface area contributed by atoms with Gasteiger partial charge in [-0.15, -0.1) is 0 Å². The van der Waals surface area contributed by atoms with E-state index in [4.69, 9.17) is 11.5 Å². The minimum atomic E-state index is -0.919. The molecule has 0 aromatic heterocycles. The van der Waals surface area contributed by atoms with E-state index in [1.54, 1.807) is 7.05 Å². The van der Waals surface area contributed by atoms with Crippen LogP contribution in [-0.2, 0) is 5.54 Å². The van der Waals surface area contributed by atoms with Gasteiger partial charge in [0.05, 0.1) is 5.54 Å². The predicted molar refractivity (Wildman–Crippen MR) is 234 cm³/mol. The van der Waals surface area contributed by atoms with Crippen molar-refractivity contribution in [2.24, 2.45) is 16.5 Å². The highest BCUT2D eigenvalue weighted by molar-refractivity contribution is 6.04. The van der Waals surface area contributed by atoms with E-state index in [1.807, 2.05) is 54.6 Å². The molecule has 8 rings (SSSR count). The van der Waals surface area contributed by atoms with Gasteiger partial charge in [-0.1, -0.05) is 206 Å². The molecule has 0 radical (unpaired) electrons. The average molecular weight is 712 g/mol. The zero-order valence-electron chi connectivity index (χ0n) is 31.1. The van der Waals surface area contributed by atoms with Gasteiger partial charge in [0.2, 0.25) is 0 Å². The van der Waals surface area contributed by atoms with Crippen LogP contribution in [0.15, 0.2) is 217 Å². The third-order valence-electron chi connectivity index (χ3n) is 10.2. The molecule has 8 aromatic carbocycles. The highest BCUT2D eigenvalue weighted by Gasteiger charge is 2.28. The van der Waals surface area contributed by atoms with Gasteiger partial charge in [-0.25, -0.2) is 0 Å². The van der Waals surface area contributed by atoms with Crippen molar-refractivity contribution in [2.45, 2.75) is 11.5 Å². The van der Waals surface area contributed by atoms with Crippen molar-refractivity contribution in [3.05, 3.63) is 246 Å². The largest absolute Gasteiger partial charge is 0.398 e. The topological polar surface area (TPSA) is 64.4 Å². The quantitative estimate of drug-likeness (QED) is 0.116. The van der Waals surface area contributed by atoms with Crippen molar-refractivity contribution in [1.29, 1.82) is 0 Å². The van der Waals surface area contributed by atoms with E-state index in [0.29, 0.717) is 5.70 Å². The van der Waals surface area contributed by atoms with Crippen molar-refractivity contribution in [2.75, 3.05) is 7.05 Å². The first-order valence-corrected chi connectivity index (χ1v) is 18.6. The van der Waals surface area contributed by atoms with Gasteiger partial charge in [0, 0.05) is 18.7 Å². The van der Waals surface area contributed by atoms with Gasteiger partial charge in [0.15, 0.2) is 0 Å². The maximum absolute atomic E-state index is 7.28. The van der Waals surface area contributed by atoms with Crippen molar-refractivity contribution in [3.63, 3.8) is 0 Å². The molecule has 0 fully saturated rings. The second-order valence-corrected chi connectivity index (χ2v) is 13.7. The SMILES string of the molecule is C=NC.N/C(=C\C(N)(c1ccccc1)c1ccc(-c2cccc3c(-c4ccc(C(c5ccccc5)c5ccccc5)cc4)cccc23)cc1)c1ccccc1. The van der Waals surface area contributed by atoms with E-state index in [1.165, 1.54) is 44.2 Å². The van der Waals surface area contributed by atoms with Crippen LogP contribution < -0.4 is 11.5 Å². The fraction of sp³-hybridized carbons (Fsp3) is 0.0577. The second kappa shape index (κ2) is 16.9. The summed E-state index contributed by atoms with van der Waals surface area (Å²) in [6, 6.07) is 72.6. The number of fused-ring (bicyclic) bond motifs is 1. The van der Waals surface area contributed by atoms with E-state index in [-0.39, 0.29) is 5.92 Å². The fourth-order valence-corrected chi connectivity index (χ4v) is 7.47. The number of aliphatic imine (C=N–C) groups is 1. The molecule has 0 saturated heterocycles. The van der Waals surface area contributed by atoms with Crippen molar-refractivity contribution in [1.82, 2.24) is 0 Å². The maximum Gasteiger partial charge on any atom is 0.0875 e. The lowest BCUT2D eigenvalue weighted by atomic mass is 9.81. The summed E-state index contributed by atoms with van der Waals surface area (Å²) in [6.07, 6.45) is 1.98. The fourth-order valence-electron chi connectivity index (χ4n) is 7.47. The van der Waals surface area contributed by atoms with E-state index in [0.717, 1.165) is 22.3 Å².